The van der Waals surface area contributed by atoms with E-state index < -0.39 is 5.91 Å². The van der Waals surface area contributed by atoms with E-state index in [1.807, 2.05) is 32.0 Å². The molecule has 0 aliphatic carbocycles. The minimum absolute atomic E-state index is 0.0504. The topological polar surface area (TPSA) is 82.3 Å². The number of aromatic hydroxyl groups is 1. The average molecular weight is 398 g/mol. The first-order valence-corrected chi connectivity index (χ1v) is 9.46. The summed E-state index contributed by atoms with van der Waals surface area (Å²) >= 11 is 0. The van der Waals surface area contributed by atoms with Crippen LogP contribution in [0.5, 0.6) is 11.5 Å². The minimum Gasteiger partial charge on any atom is -0.508 e. The molecule has 150 valence electrons. The van der Waals surface area contributed by atoms with Gasteiger partial charge < -0.3 is 15.2 Å². The van der Waals surface area contributed by atoms with Gasteiger partial charge in [-0.05, 0) is 55.8 Å². The maximum atomic E-state index is 12.5. The molecular weight excluding hydrogens is 376 g/mol. The van der Waals surface area contributed by atoms with Gasteiger partial charge in [-0.1, -0.05) is 47.5 Å². The number of anilines is 1. The van der Waals surface area contributed by atoms with Crippen LogP contribution in [0.4, 0.5) is 5.69 Å². The van der Waals surface area contributed by atoms with Gasteiger partial charge in [0.15, 0.2) is 0 Å². The maximum absolute atomic E-state index is 12.5. The zero-order valence-electron chi connectivity index (χ0n) is 16.8. The molecule has 0 bridgehead atoms. The third-order valence-corrected chi connectivity index (χ3v) is 4.38. The van der Waals surface area contributed by atoms with Crippen LogP contribution in [0, 0.1) is 25.2 Å². The van der Waals surface area contributed by atoms with E-state index in [1.54, 1.807) is 24.3 Å². The molecule has 1 amide bonds. The number of para-hydroxylation sites is 1. The fraction of sp³-hybridized carbons (Fsp3) is 0.120. The molecule has 30 heavy (non-hydrogen) atoms. The molecule has 3 rings (SSSR count). The van der Waals surface area contributed by atoms with Gasteiger partial charge in [0.1, 0.15) is 29.7 Å². The molecule has 2 N–H and O–H groups in total. The van der Waals surface area contributed by atoms with Crippen LogP contribution in [-0.2, 0) is 11.4 Å². The number of hydrogen-bond acceptors (Lipinski definition) is 4. The standard InChI is InChI=1S/C25H22N2O3/c1-17-11-18(2)13-19(12-17)16-30-24-6-4-3-5-20(24)14-21(15-26)25(29)27-22-7-9-23(28)10-8-22/h3-14,28H,16H2,1-2H3,(H,27,29)/b21-14+. The zero-order valence-corrected chi connectivity index (χ0v) is 16.8. The van der Waals surface area contributed by atoms with Crippen molar-refractivity contribution in [1.29, 1.82) is 5.26 Å². The summed E-state index contributed by atoms with van der Waals surface area (Å²) in [6.07, 6.45) is 1.51. The number of rotatable bonds is 6. The average Bonchev–Trinajstić information content (AvgIpc) is 2.72. The van der Waals surface area contributed by atoms with E-state index in [9.17, 15) is 15.2 Å². The molecule has 0 spiro atoms. The van der Waals surface area contributed by atoms with Crippen LogP contribution in [0.15, 0.2) is 72.3 Å². The number of carbonyl (C=O) groups excluding carboxylic acids is 1. The number of ether oxygens (including phenoxy) is 1. The van der Waals surface area contributed by atoms with E-state index in [1.165, 1.54) is 29.3 Å². The molecular formula is C25H22N2O3. The Hall–Kier alpha value is -4.04. The van der Waals surface area contributed by atoms with Crippen molar-refractivity contribution in [2.75, 3.05) is 5.32 Å². The van der Waals surface area contributed by atoms with E-state index in [0.717, 1.165) is 5.56 Å². The van der Waals surface area contributed by atoms with Gasteiger partial charge in [0.05, 0.1) is 0 Å². The number of hydrogen-bond donors (Lipinski definition) is 2. The molecule has 0 aromatic heterocycles. The Kier molecular flexibility index (Phi) is 6.51. The number of nitriles is 1. The van der Waals surface area contributed by atoms with E-state index >= 15 is 0 Å². The molecule has 3 aromatic rings. The Morgan fingerprint density at radius 2 is 1.73 bits per heavy atom. The molecule has 0 saturated heterocycles. The highest BCUT2D eigenvalue weighted by Crippen LogP contribution is 2.23. The van der Waals surface area contributed by atoms with Gasteiger partial charge in [-0.2, -0.15) is 5.26 Å². The summed E-state index contributed by atoms with van der Waals surface area (Å²) in [6, 6.07) is 21.5. The highest BCUT2D eigenvalue weighted by molar-refractivity contribution is 6.09. The van der Waals surface area contributed by atoms with Crippen LogP contribution in [0.25, 0.3) is 6.08 Å². The van der Waals surface area contributed by atoms with Crippen molar-refractivity contribution in [1.82, 2.24) is 0 Å². The van der Waals surface area contributed by atoms with Crippen molar-refractivity contribution >= 4 is 17.7 Å². The zero-order chi connectivity index (χ0) is 21.5. The summed E-state index contributed by atoms with van der Waals surface area (Å²) in [5, 5.41) is 21.5. The SMILES string of the molecule is Cc1cc(C)cc(COc2ccccc2/C=C(\C#N)C(=O)Nc2ccc(O)cc2)c1. The fourth-order valence-electron chi connectivity index (χ4n) is 3.09. The maximum Gasteiger partial charge on any atom is 0.266 e. The summed E-state index contributed by atoms with van der Waals surface area (Å²) in [7, 11) is 0. The van der Waals surface area contributed by atoms with Crippen LogP contribution in [-0.4, -0.2) is 11.0 Å². The van der Waals surface area contributed by atoms with Crippen molar-refractivity contribution in [3.63, 3.8) is 0 Å². The fourth-order valence-corrected chi connectivity index (χ4v) is 3.09. The molecule has 5 heteroatoms. The lowest BCUT2D eigenvalue weighted by Crippen LogP contribution is -2.13. The molecule has 0 aliphatic heterocycles. The van der Waals surface area contributed by atoms with Crippen molar-refractivity contribution in [2.24, 2.45) is 0 Å². The number of nitrogens with zero attached hydrogens (tertiary/aromatic N) is 1. The number of benzene rings is 3. The molecule has 0 heterocycles. The Balaban J connectivity index is 1.78. The van der Waals surface area contributed by atoms with Crippen LogP contribution in [0.1, 0.15) is 22.3 Å². The third kappa shape index (κ3) is 5.49. The van der Waals surface area contributed by atoms with Gasteiger partial charge in [0.2, 0.25) is 0 Å². The summed E-state index contributed by atoms with van der Waals surface area (Å²) in [5.41, 5.74) is 4.46. The van der Waals surface area contributed by atoms with Crippen LogP contribution >= 0.6 is 0 Å². The molecule has 3 aromatic carbocycles. The number of aryl methyl sites for hydroxylation is 2. The number of amides is 1. The van der Waals surface area contributed by atoms with Crippen LogP contribution in [0.2, 0.25) is 0 Å². The smallest absolute Gasteiger partial charge is 0.266 e. The summed E-state index contributed by atoms with van der Waals surface area (Å²) in [6.45, 7) is 4.47. The normalized spacial score (nSPS) is 10.9. The Morgan fingerprint density at radius 3 is 2.40 bits per heavy atom. The van der Waals surface area contributed by atoms with Crippen LogP contribution in [0.3, 0.4) is 0 Å². The second kappa shape index (κ2) is 9.44. The quantitative estimate of drug-likeness (QED) is 0.342. The number of nitrogens with one attached hydrogen (secondary N) is 1. The highest BCUT2D eigenvalue weighted by Gasteiger charge is 2.11. The van der Waals surface area contributed by atoms with Crippen molar-refractivity contribution < 1.29 is 14.6 Å². The molecule has 0 aliphatic rings. The van der Waals surface area contributed by atoms with E-state index in [-0.39, 0.29) is 11.3 Å². The lowest BCUT2D eigenvalue weighted by molar-refractivity contribution is -0.112. The largest absolute Gasteiger partial charge is 0.508 e. The third-order valence-electron chi connectivity index (χ3n) is 4.38. The van der Waals surface area contributed by atoms with Crippen molar-refractivity contribution in [3.8, 4) is 17.6 Å². The van der Waals surface area contributed by atoms with Gasteiger partial charge in [-0.15, -0.1) is 0 Å². The number of carbonyl (C=O) groups is 1. The first kappa shape index (κ1) is 20.7. The monoisotopic (exact) mass is 398 g/mol. The predicted octanol–water partition coefficient (Wildman–Crippen LogP) is 5.13. The minimum atomic E-state index is -0.535. The lowest BCUT2D eigenvalue weighted by Gasteiger charge is -2.11. The summed E-state index contributed by atoms with van der Waals surface area (Å²) in [4.78, 5) is 12.5. The van der Waals surface area contributed by atoms with Crippen molar-refractivity contribution in [2.45, 2.75) is 20.5 Å². The predicted molar refractivity (Wildman–Crippen MR) is 117 cm³/mol. The highest BCUT2D eigenvalue weighted by atomic mass is 16.5. The first-order valence-electron chi connectivity index (χ1n) is 9.46. The van der Waals surface area contributed by atoms with Gasteiger partial charge >= 0.3 is 0 Å². The number of phenols is 1. The summed E-state index contributed by atoms with van der Waals surface area (Å²) in [5.74, 6) is 0.146. The summed E-state index contributed by atoms with van der Waals surface area (Å²) < 4.78 is 5.98. The van der Waals surface area contributed by atoms with E-state index in [0.29, 0.717) is 23.6 Å². The number of phenolic OH excluding ortho intramolecular Hbond substituents is 1. The van der Waals surface area contributed by atoms with E-state index in [4.69, 9.17) is 4.74 Å². The Morgan fingerprint density at radius 1 is 1.07 bits per heavy atom. The van der Waals surface area contributed by atoms with Gasteiger partial charge in [-0.25, -0.2) is 0 Å². The second-order valence-corrected chi connectivity index (χ2v) is 6.99. The first-order chi connectivity index (χ1) is 14.4. The molecule has 0 atom stereocenters. The van der Waals surface area contributed by atoms with Gasteiger partial charge in [-0.3, -0.25) is 4.79 Å². The second-order valence-electron chi connectivity index (χ2n) is 6.99. The molecule has 0 radical (unpaired) electrons. The molecule has 0 fully saturated rings. The van der Waals surface area contributed by atoms with Gasteiger partial charge in [0, 0.05) is 11.3 Å². The van der Waals surface area contributed by atoms with Crippen LogP contribution < -0.4 is 10.1 Å². The Bertz CT molecular complexity index is 1110. The lowest BCUT2D eigenvalue weighted by atomic mass is 10.1. The van der Waals surface area contributed by atoms with Gasteiger partial charge in [0.25, 0.3) is 5.91 Å². The van der Waals surface area contributed by atoms with Crippen molar-refractivity contribution in [3.05, 3.63) is 94.6 Å². The molecule has 5 nitrogen and oxygen atoms in total. The Labute approximate surface area is 175 Å². The molecule has 0 unspecified atom stereocenters. The van der Waals surface area contributed by atoms with E-state index in [2.05, 4.69) is 23.5 Å². The molecule has 0 saturated carbocycles.